The van der Waals surface area contributed by atoms with Gasteiger partial charge in [0.05, 0.1) is 19.3 Å². The van der Waals surface area contributed by atoms with Crippen LogP contribution in [-0.2, 0) is 16.9 Å². The van der Waals surface area contributed by atoms with Gasteiger partial charge in [0.2, 0.25) is 0 Å². The molecule has 0 bridgehead atoms. The maximum atomic E-state index is 9.97. The van der Waals surface area contributed by atoms with Crippen molar-refractivity contribution in [2.45, 2.75) is 26.1 Å². The Hall–Kier alpha value is -1.06. The van der Waals surface area contributed by atoms with Gasteiger partial charge in [-0.15, -0.1) is 0 Å². The van der Waals surface area contributed by atoms with Crippen LogP contribution in [0.25, 0.3) is 0 Å². The molecule has 0 unspecified atom stereocenters. The highest BCUT2D eigenvalue weighted by Gasteiger charge is 2.22. The lowest BCUT2D eigenvalue weighted by atomic mass is 9.95. The topological polar surface area (TPSA) is 38.7 Å². The van der Waals surface area contributed by atoms with Gasteiger partial charge >= 0.3 is 0 Å². The van der Waals surface area contributed by atoms with Crippen LogP contribution >= 0.6 is 0 Å². The van der Waals surface area contributed by atoms with E-state index in [1.54, 1.807) is 28.1 Å². The van der Waals surface area contributed by atoms with E-state index < -0.39 is 5.60 Å². The van der Waals surface area contributed by atoms with Crippen molar-refractivity contribution in [2.75, 3.05) is 14.2 Å². The van der Waals surface area contributed by atoms with E-state index in [1.165, 1.54) is 0 Å². The van der Waals surface area contributed by atoms with Gasteiger partial charge in [-0.3, -0.25) is 0 Å². The van der Waals surface area contributed by atoms with Crippen molar-refractivity contribution in [3.8, 4) is 5.75 Å². The Kier molecular flexibility index (Phi) is 3.72. The van der Waals surface area contributed by atoms with Crippen LogP contribution in [0.1, 0.15) is 25.0 Å². The van der Waals surface area contributed by atoms with E-state index in [0.29, 0.717) is 12.4 Å². The summed E-state index contributed by atoms with van der Waals surface area (Å²) in [6, 6.07) is 5.68. The van der Waals surface area contributed by atoms with E-state index >= 15 is 0 Å². The molecule has 1 rings (SSSR count). The minimum atomic E-state index is -0.908. The zero-order valence-electron chi connectivity index (χ0n) is 9.70. The predicted molar refractivity (Wildman–Crippen MR) is 59.0 cm³/mol. The third-order valence-corrected chi connectivity index (χ3v) is 2.26. The fraction of sp³-hybridized carbons (Fsp3) is 0.500. The molecule has 0 aliphatic heterocycles. The summed E-state index contributed by atoms with van der Waals surface area (Å²) in [6.45, 7) is 3.95. The molecule has 0 saturated carbocycles. The highest BCUT2D eigenvalue weighted by Crippen LogP contribution is 2.32. The monoisotopic (exact) mass is 210 g/mol. The molecule has 0 heterocycles. The average Bonchev–Trinajstić information content (AvgIpc) is 2.16. The summed E-state index contributed by atoms with van der Waals surface area (Å²) in [4.78, 5) is 0. The molecule has 0 aliphatic rings. The van der Waals surface area contributed by atoms with Crippen molar-refractivity contribution < 1.29 is 14.6 Å². The Morgan fingerprint density at radius 3 is 2.40 bits per heavy atom. The van der Waals surface area contributed by atoms with Gasteiger partial charge in [-0.2, -0.15) is 0 Å². The van der Waals surface area contributed by atoms with E-state index in [-0.39, 0.29) is 0 Å². The summed E-state index contributed by atoms with van der Waals surface area (Å²) >= 11 is 0. The second-order valence-corrected chi connectivity index (χ2v) is 3.99. The van der Waals surface area contributed by atoms with Crippen molar-refractivity contribution in [3.05, 3.63) is 29.3 Å². The lowest BCUT2D eigenvalue weighted by Gasteiger charge is -2.22. The maximum Gasteiger partial charge on any atom is 0.130 e. The molecule has 84 valence electrons. The van der Waals surface area contributed by atoms with Crippen molar-refractivity contribution in [1.82, 2.24) is 0 Å². The number of benzene rings is 1. The number of aliphatic hydroxyl groups is 1. The smallest absolute Gasteiger partial charge is 0.130 e. The molecule has 0 fully saturated rings. The van der Waals surface area contributed by atoms with Gasteiger partial charge in [-0.25, -0.2) is 0 Å². The highest BCUT2D eigenvalue weighted by atomic mass is 16.5. The molecule has 0 aromatic heterocycles. The van der Waals surface area contributed by atoms with Crippen LogP contribution in [0, 0.1) is 0 Å². The summed E-state index contributed by atoms with van der Waals surface area (Å²) < 4.78 is 10.4. The van der Waals surface area contributed by atoms with Crippen LogP contribution in [0.5, 0.6) is 5.75 Å². The summed E-state index contributed by atoms with van der Waals surface area (Å²) in [6.07, 6.45) is 0. The number of hydrogen-bond donors (Lipinski definition) is 1. The van der Waals surface area contributed by atoms with Crippen LogP contribution in [0.3, 0.4) is 0 Å². The Bertz CT molecular complexity index is 326. The Labute approximate surface area is 90.6 Å². The number of methoxy groups -OCH3 is 2. The molecule has 0 spiro atoms. The molecule has 0 atom stereocenters. The van der Waals surface area contributed by atoms with Gasteiger partial charge in [-0.1, -0.05) is 18.2 Å². The molecule has 0 radical (unpaired) electrons. The van der Waals surface area contributed by atoms with Crippen molar-refractivity contribution in [1.29, 1.82) is 0 Å². The van der Waals surface area contributed by atoms with E-state index in [1.807, 2.05) is 18.2 Å². The maximum absolute atomic E-state index is 9.97. The van der Waals surface area contributed by atoms with E-state index in [9.17, 15) is 5.11 Å². The fourth-order valence-electron chi connectivity index (χ4n) is 1.58. The Balaban J connectivity index is 3.22. The van der Waals surface area contributed by atoms with Crippen LogP contribution in [0.2, 0.25) is 0 Å². The summed E-state index contributed by atoms with van der Waals surface area (Å²) in [5, 5.41) is 9.97. The zero-order chi connectivity index (χ0) is 11.5. The predicted octanol–water partition coefficient (Wildman–Crippen LogP) is 2.07. The van der Waals surface area contributed by atoms with Crippen LogP contribution < -0.4 is 4.74 Å². The highest BCUT2D eigenvalue weighted by molar-refractivity contribution is 5.44. The first-order chi connectivity index (χ1) is 7.00. The first kappa shape index (κ1) is 12.0. The lowest BCUT2D eigenvalue weighted by molar-refractivity contribution is 0.0750. The molecule has 0 aliphatic carbocycles. The quantitative estimate of drug-likeness (QED) is 0.826. The molecule has 1 aromatic carbocycles. The molecule has 1 aromatic rings. The first-order valence-electron chi connectivity index (χ1n) is 4.88. The molecule has 3 heteroatoms. The summed E-state index contributed by atoms with van der Waals surface area (Å²) in [5.41, 5.74) is 0.814. The van der Waals surface area contributed by atoms with Crippen LogP contribution in [0.4, 0.5) is 0 Å². The number of para-hydroxylation sites is 1. The van der Waals surface area contributed by atoms with E-state index in [2.05, 4.69) is 0 Å². The van der Waals surface area contributed by atoms with Gasteiger partial charge in [-0.05, 0) is 13.8 Å². The Morgan fingerprint density at radius 2 is 1.93 bits per heavy atom. The van der Waals surface area contributed by atoms with Crippen molar-refractivity contribution in [2.24, 2.45) is 0 Å². The molecule has 15 heavy (non-hydrogen) atoms. The fourth-order valence-corrected chi connectivity index (χ4v) is 1.58. The second kappa shape index (κ2) is 4.64. The number of rotatable bonds is 4. The molecule has 0 amide bonds. The molecule has 3 nitrogen and oxygen atoms in total. The largest absolute Gasteiger partial charge is 0.496 e. The van der Waals surface area contributed by atoms with Crippen molar-refractivity contribution >= 4 is 0 Å². The first-order valence-corrected chi connectivity index (χ1v) is 4.88. The van der Waals surface area contributed by atoms with Crippen LogP contribution in [-0.4, -0.2) is 19.3 Å². The van der Waals surface area contributed by atoms with Gasteiger partial charge in [0.1, 0.15) is 5.75 Å². The van der Waals surface area contributed by atoms with E-state index in [4.69, 9.17) is 9.47 Å². The number of hydrogen-bond acceptors (Lipinski definition) is 3. The van der Waals surface area contributed by atoms with Crippen LogP contribution in [0.15, 0.2) is 18.2 Å². The molecule has 0 saturated heterocycles. The average molecular weight is 210 g/mol. The van der Waals surface area contributed by atoms with Crippen molar-refractivity contribution in [3.63, 3.8) is 0 Å². The van der Waals surface area contributed by atoms with Gasteiger partial charge < -0.3 is 14.6 Å². The third kappa shape index (κ3) is 2.70. The minimum Gasteiger partial charge on any atom is -0.496 e. The summed E-state index contributed by atoms with van der Waals surface area (Å²) in [5.74, 6) is 0.701. The zero-order valence-corrected chi connectivity index (χ0v) is 9.70. The van der Waals surface area contributed by atoms with Gasteiger partial charge in [0, 0.05) is 18.2 Å². The van der Waals surface area contributed by atoms with E-state index in [0.717, 1.165) is 11.1 Å². The normalized spacial score (nSPS) is 11.5. The SMILES string of the molecule is COCc1cccc(C(C)(C)O)c1OC. The van der Waals surface area contributed by atoms with Gasteiger partial charge in [0.15, 0.2) is 0 Å². The molecular weight excluding hydrogens is 192 g/mol. The third-order valence-electron chi connectivity index (χ3n) is 2.26. The van der Waals surface area contributed by atoms with Gasteiger partial charge in [0.25, 0.3) is 0 Å². The second-order valence-electron chi connectivity index (χ2n) is 3.99. The standard InChI is InChI=1S/C12H18O3/c1-12(2,13)10-7-5-6-9(8-14-3)11(10)15-4/h5-7,13H,8H2,1-4H3. The molecule has 1 N–H and O–H groups in total. The Morgan fingerprint density at radius 1 is 1.27 bits per heavy atom. The summed E-state index contributed by atoms with van der Waals surface area (Å²) in [7, 11) is 3.24. The number of ether oxygens (including phenoxy) is 2. The minimum absolute atomic E-state index is 0.479. The molecular formula is C12H18O3. The lowest BCUT2D eigenvalue weighted by Crippen LogP contribution is -2.17.